The van der Waals surface area contributed by atoms with Crippen LogP contribution in [-0.2, 0) is 33.2 Å². The van der Waals surface area contributed by atoms with Crippen LogP contribution in [0.5, 0.6) is 40.2 Å². The zero-order chi connectivity index (χ0) is 47.0. The Kier molecular flexibility index (Phi) is 14.3. The highest BCUT2D eigenvalue weighted by molar-refractivity contribution is 5.87. The lowest BCUT2D eigenvalue weighted by Crippen LogP contribution is -2.61. The van der Waals surface area contributed by atoms with Crippen molar-refractivity contribution in [2.45, 2.75) is 105 Å². The fourth-order valence-electron chi connectivity index (χ4n) is 7.47. The number of esters is 1. The van der Waals surface area contributed by atoms with Crippen LogP contribution in [0.1, 0.15) is 29.7 Å². The van der Waals surface area contributed by atoms with Gasteiger partial charge in [0.25, 0.3) is 11.9 Å². The van der Waals surface area contributed by atoms with E-state index in [1.54, 1.807) is 0 Å². The number of hydrogen-bond acceptors (Lipinski definition) is 22. The van der Waals surface area contributed by atoms with E-state index in [4.69, 9.17) is 33.2 Å². The number of benzene rings is 3. The lowest BCUT2D eigenvalue weighted by atomic mass is 9.98. The number of aliphatic hydroxyl groups excluding tert-OH is 9. The Morgan fingerprint density at radius 2 is 1.29 bits per heavy atom. The number of aromatic hydroxyl groups is 6. The third-order valence-electron chi connectivity index (χ3n) is 11.1. The van der Waals surface area contributed by atoms with E-state index in [-0.39, 0.29) is 34.1 Å². The molecule has 0 aromatic heterocycles. The van der Waals surface area contributed by atoms with Crippen molar-refractivity contribution in [1.29, 1.82) is 0 Å². The van der Waals surface area contributed by atoms with Gasteiger partial charge in [0.1, 0.15) is 78.1 Å². The van der Waals surface area contributed by atoms with Crippen LogP contribution in [0.4, 0.5) is 0 Å². The van der Waals surface area contributed by atoms with Gasteiger partial charge in [-0.3, -0.25) is 0 Å². The second-order valence-electron chi connectivity index (χ2n) is 15.7. The Hall–Kier alpha value is -5.51. The van der Waals surface area contributed by atoms with Crippen molar-refractivity contribution in [3.05, 3.63) is 77.1 Å². The van der Waals surface area contributed by atoms with Crippen molar-refractivity contribution >= 4 is 18.1 Å². The first-order valence-electron chi connectivity index (χ1n) is 20.0. The smallest absolute Gasteiger partial charge is 0.331 e. The monoisotopic (exact) mass is 921 g/mol. The molecule has 0 bridgehead atoms. The molecule has 4 aliphatic heterocycles. The lowest BCUT2D eigenvalue weighted by Gasteiger charge is -2.43. The largest absolute Gasteiger partial charge is 0.571 e. The molecule has 7 rings (SSSR count). The van der Waals surface area contributed by atoms with Crippen molar-refractivity contribution in [2.24, 2.45) is 0 Å². The van der Waals surface area contributed by atoms with E-state index >= 15 is 0 Å². The van der Waals surface area contributed by atoms with Crippen molar-refractivity contribution in [3.8, 4) is 40.2 Å². The zero-order valence-corrected chi connectivity index (χ0v) is 34.0. The number of rotatable bonds is 12. The third-order valence-corrected chi connectivity index (χ3v) is 11.1. The Bertz CT molecular complexity index is 2230. The molecule has 354 valence electrons. The summed E-state index contributed by atoms with van der Waals surface area (Å²) in [4.78, 5) is 12.6. The molecule has 0 aliphatic carbocycles. The maximum atomic E-state index is 12.6. The summed E-state index contributed by atoms with van der Waals surface area (Å²) in [5.41, 5.74) is 0.546. The van der Waals surface area contributed by atoms with E-state index in [0.29, 0.717) is 5.56 Å². The summed E-state index contributed by atoms with van der Waals surface area (Å²) < 4.78 is 44.6. The molecule has 16 atom stereocenters. The lowest BCUT2D eigenvalue weighted by molar-refractivity contribution is -0.325. The highest BCUT2D eigenvalue weighted by Gasteiger charge is 2.50. The quantitative estimate of drug-likeness (QED) is 0.0392. The van der Waals surface area contributed by atoms with Crippen molar-refractivity contribution in [2.75, 3.05) is 13.2 Å². The predicted octanol–water partition coefficient (Wildman–Crippen LogP) is -2.34. The maximum Gasteiger partial charge on any atom is 0.331 e. The average molecular weight is 922 g/mol. The number of aliphatic hydroxyl groups is 10. The second-order valence-corrected chi connectivity index (χ2v) is 15.7. The molecule has 3 fully saturated rings. The Morgan fingerprint density at radius 3 is 1.95 bits per heavy atom. The number of carbonyl (C=O) groups is 1. The molecule has 3 aromatic rings. The maximum absolute atomic E-state index is 12.6. The van der Waals surface area contributed by atoms with Crippen molar-refractivity contribution in [3.63, 3.8) is 0 Å². The van der Waals surface area contributed by atoms with Crippen molar-refractivity contribution in [1.82, 2.24) is 0 Å². The van der Waals surface area contributed by atoms with E-state index in [9.17, 15) is 76.3 Å². The second kappa shape index (κ2) is 19.5. The van der Waals surface area contributed by atoms with Crippen LogP contribution in [0.25, 0.3) is 12.2 Å². The molecule has 3 aromatic carbocycles. The first-order valence-corrected chi connectivity index (χ1v) is 20.0. The van der Waals surface area contributed by atoms with Gasteiger partial charge in [0.05, 0.1) is 30.9 Å². The van der Waals surface area contributed by atoms with E-state index < -0.39 is 140 Å². The molecular formula is C42H49O23+. The number of fused-ring (bicyclic) bond motifs is 1. The van der Waals surface area contributed by atoms with Gasteiger partial charge in [-0.2, -0.15) is 0 Å². The van der Waals surface area contributed by atoms with Gasteiger partial charge >= 0.3 is 5.97 Å². The van der Waals surface area contributed by atoms with Gasteiger partial charge in [0.15, 0.2) is 41.2 Å². The van der Waals surface area contributed by atoms with E-state index in [1.165, 1.54) is 49.4 Å². The van der Waals surface area contributed by atoms with Gasteiger partial charge in [0, 0.05) is 18.2 Å². The summed E-state index contributed by atoms with van der Waals surface area (Å²) in [5.74, 6) is -3.61. The molecule has 23 heteroatoms. The standard InChI is InChI=1S/C42H48O23/c1-15-38(65-29(49)7-3-16-2-5-20(45)22(47)8-16)34(54)37(57)40(59-15)58-14-28-31(51)33(53)36(56)42(64-28)62-26-12-19-24(60-39(26)17-4-6-21(46)23(48)9-17)10-18(44)11-25(19)61-41-35(55)32(52)30(50)27(13-43)63-41/h2-12,15,27-28,30-48,50-57H,13-14H2,1H3/p+1. The minimum Gasteiger partial charge on any atom is -0.571 e. The van der Waals surface area contributed by atoms with Gasteiger partial charge in [-0.15, -0.1) is 0 Å². The first-order chi connectivity index (χ1) is 30.8. The van der Waals surface area contributed by atoms with Crippen LogP contribution >= 0.6 is 0 Å². The highest BCUT2D eigenvalue weighted by atomic mass is 16.7. The van der Waals surface area contributed by atoms with Crippen LogP contribution in [0.2, 0.25) is 0 Å². The number of phenolic OH excluding ortho intramolecular Hbond substituents is 5. The Balaban J connectivity index is 1.08. The third kappa shape index (κ3) is 10.0. The van der Waals surface area contributed by atoms with Gasteiger partial charge in [-0.25, -0.2) is 4.79 Å². The van der Waals surface area contributed by atoms with Crippen LogP contribution in [0.15, 0.2) is 60.4 Å². The Morgan fingerprint density at radius 1 is 0.677 bits per heavy atom. The summed E-state index contributed by atoms with van der Waals surface area (Å²) in [6, 6.07) is 9.76. The molecule has 0 amide bonds. The minimum absolute atomic E-state index is 0.0208. The topological polar surface area (TPSA) is 378 Å². The van der Waals surface area contributed by atoms with Gasteiger partial charge < -0.3 is 109 Å². The average Bonchev–Trinajstić information content (AvgIpc) is 3.27. The molecule has 4 heterocycles. The van der Waals surface area contributed by atoms with Gasteiger partial charge in [-0.1, -0.05) is 6.07 Å². The van der Waals surface area contributed by atoms with E-state index in [0.717, 1.165) is 24.3 Å². The molecule has 0 saturated carbocycles. The predicted molar refractivity (Wildman–Crippen MR) is 213 cm³/mol. The van der Waals surface area contributed by atoms with Crippen LogP contribution in [0.3, 0.4) is 0 Å². The molecule has 15 N–H and O–H groups in total. The van der Waals surface area contributed by atoms with E-state index in [2.05, 4.69) is 4.74 Å². The first kappa shape index (κ1) is 47.5. The van der Waals surface area contributed by atoms with Crippen LogP contribution in [-0.4, -0.2) is 188 Å². The van der Waals surface area contributed by atoms with E-state index in [1.807, 2.05) is 0 Å². The molecule has 3 saturated heterocycles. The molecule has 4 aliphatic rings. The zero-order valence-electron chi connectivity index (χ0n) is 34.0. The summed E-state index contributed by atoms with van der Waals surface area (Å²) in [7, 11) is 0. The number of ether oxygens (including phenoxy) is 8. The number of hydrogen-bond donors (Lipinski definition) is 14. The number of carbonyl (C=O) groups excluding carboxylic acids is 1. The van der Waals surface area contributed by atoms with Crippen LogP contribution in [0, 0.1) is 0 Å². The van der Waals surface area contributed by atoms with Crippen molar-refractivity contribution < 1.29 is 114 Å². The molecule has 65 heavy (non-hydrogen) atoms. The molecular weight excluding hydrogens is 872 g/mol. The Labute approximate surface area is 367 Å². The summed E-state index contributed by atoms with van der Waals surface area (Å²) >= 11 is 0. The van der Waals surface area contributed by atoms with Gasteiger partial charge in [-0.05, 0) is 48.9 Å². The molecule has 23 nitrogen and oxygen atoms in total. The normalized spacial score (nSPS) is 34.8. The summed E-state index contributed by atoms with van der Waals surface area (Å²) in [5, 5.41) is 146. The fourth-order valence-corrected chi connectivity index (χ4v) is 7.47. The molecule has 0 spiro atoms. The SMILES string of the molecule is CC1OC(OCC2OC(OC3=Cc4c(OC5OC(CO)C(O)C(O)C5O)cc(O)cc4[OH+]C3c3ccc(O)c(O)c3)C(O)C(O)C2O)C(O)C(O)C1OC(=O)C=Cc1ccc(O)c(O)c1. The van der Waals surface area contributed by atoms with Crippen LogP contribution < -0.4 is 4.74 Å². The summed E-state index contributed by atoms with van der Waals surface area (Å²) in [6.45, 7) is -0.0257. The number of phenols is 5. The summed E-state index contributed by atoms with van der Waals surface area (Å²) in [6.07, 6.45) is -23.0. The molecule has 0 radical (unpaired) electrons. The minimum atomic E-state index is -1.97. The molecule has 16 unspecified atom stereocenters. The van der Waals surface area contributed by atoms with Gasteiger partial charge in [0.2, 0.25) is 12.6 Å². The highest BCUT2D eigenvalue weighted by Crippen LogP contribution is 2.47. The fraction of sp³-hybridized carbons (Fsp3) is 0.452.